The zero-order valence-electron chi connectivity index (χ0n) is 18.2. The first-order valence-corrected chi connectivity index (χ1v) is 11.7. The number of halogens is 2. The minimum Gasteiger partial charge on any atom is -0.381 e. The molecule has 5 rings (SSSR count). The van der Waals surface area contributed by atoms with Gasteiger partial charge in [0.2, 0.25) is 0 Å². The van der Waals surface area contributed by atoms with Crippen LogP contribution in [0.1, 0.15) is 22.9 Å². The molecule has 1 aliphatic heterocycles. The standard InChI is InChI=1S/C25H24F2N4OS/c1-17(25(32,14-31-16-28-15-29-31)21-8-7-20(26)12-22(21)27)30-10-9-23-19(13-30)11-24(33-23)18-5-3-2-4-6-18/h2-8,11-12,15-17,32H,9-10,13-14H2,1H3/t17-,25-/m1/s1. The van der Waals surface area contributed by atoms with Crippen molar-refractivity contribution in [3.8, 4) is 10.4 Å². The number of fused-ring (bicyclic) bond motifs is 1. The molecular weight excluding hydrogens is 442 g/mol. The topological polar surface area (TPSA) is 54.2 Å². The molecule has 2 aromatic carbocycles. The average Bonchev–Trinajstić information content (AvgIpc) is 3.48. The summed E-state index contributed by atoms with van der Waals surface area (Å²) in [6, 6.07) is 15.3. The van der Waals surface area contributed by atoms with Crippen LogP contribution in [0.2, 0.25) is 0 Å². The summed E-state index contributed by atoms with van der Waals surface area (Å²) < 4.78 is 30.0. The zero-order valence-corrected chi connectivity index (χ0v) is 19.0. The molecule has 0 bridgehead atoms. The van der Waals surface area contributed by atoms with Crippen LogP contribution < -0.4 is 0 Å². The summed E-state index contributed by atoms with van der Waals surface area (Å²) >= 11 is 1.80. The third-order valence-corrected chi connectivity index (χ3v) is 7.75. The van der Waals surface area contributed by atoms with Gasteiger partial charge in [-0.05, 0) is 36.6 Å². The molecule has 0 saturated heterocycles. The number of benzene rings is 2. The largest absolute Gasteiger partial charge is 0.381 e. The van der Waals surface area contributed by atoms with E-state index in [1.54, 1.807) is 11.3 Å². The molecule has 2 atom stereocenters. The fraction of sp³-hybridized carbons (Fsp3) is 0.280. The van der Waals surface area contributed by atoms with Crippen molar-refractivity contribution in [2.24, 2.45) is 0 Å². The van der Waals surface area contributed by atoms with Crippen LogP contribution in [0, 0.1) is 11.6 Å². The highest BCUT2D eigenvalue weighted by Gasteiger charge is 2.42. The lowest BCUT2D eigenvalue weighted by atomic mass is 9.84. The Labute approximate surface area is 195 Å². The Balaban J connectivity index is 1.46. The van der Waals surface area contributed by atoms with Gasteiger partial charge in [-0.3, -0.25) is 4.90 Å². The van der Waals surface area contributed by atoms with Crippen LogP contribution >= 0.6 is 11.3 Å². The lowest BCUT2D eigenvalue weighted by Gasteiger charge is -2.42. The summed E-state index contributed by atoms with van der Waals surface area (Å²) in [6.45, 7) is 3.25. The van der Waals surface area contributed by atoms with E-state index in [0.29, 0.717) is 6.54 Å². The van der Waals surface area contributed by atoms with E-state index >= 15 is 0 Å². The maximum atomic E-state index is 14.9. The predicted octanol–water partition coefficient (Wildman–Crippen LogP) is 4.62. The Morgan fingerprint density at radius 2 is 1.97 bits per heavy atom. The molecule has 1 N–H and O–H groups in total. The maximum absolute atomic E-state index is 14.9. The van der Waals surface area contributed by atoms with E-state index in [-0.39, 0.29) is 12.1 Å². The van der Waals surface area contributed by atoms with Gasteiger partial charge in [0.05, 0.1) is 6.54 Å². The SMILES string of the molecule is C[C@@H](N1CCc2sc(-c3ccccc3)cc2C1)[C@](O)(Cn1cncn1)c1ccc(F)cc1F. The normalized spacial score (nSPS) is 16.8. The molecule has 8 heteroatoms. The van der Waals surface area contributed by atoms with Gasteiger partial charge in [-0.1, -0.05) is 36.4 Å². The van der Waals surface area contributed by atoms with Crippen molar-refractivity contribution in [3.63, 3.8) is 0 Å². The molecule has 2 aromatic heterocycles. The van der Waals surface area contributed by atoms with E-state index in [4.69, 9.17) is 0 Å². The average molecular weight is 467 g/mol. The number of nitrogens with zero attached hydrogens (tertiary/aromatic N) is 4. The van der Waals surface area contributed by atoms with Crippen LogP contribution in [0.25, 0.3) is 10.4 Å². The molecule has 0 fully saturated rings. The van der Waals surface area contributed by atoms with E-state index in [0.717, 1.165) is 19.0 Å². The van der Waals surface area contributed by atoms with Crippen molar-refractivity contribution in [1.82, 2.24) is 19.7 Å². The molecule has 170 valence electrons. The van der Waals surface area contributed by atoms with Gasteiger partial charge in [-0.15, -0.1) is 11.3 Å². The summed E-state index contributed by atoms with van der Waals surface area (Å²) in [6.07, 6.45) is 3.71. The molecular formula is C25H24F2N4OS. The molecule has 0 amide bonds. The highest BCUT2D eigenvalue weighted by molar-refractivity contribution is 7.15. The van der Waals surface area contributed by atoms with Crippen molar-refractivity contribution in [2.75, 3.05) is 6.54 Å². The Morgan fingerprint density at radius 3 is 2.70 bits per heavy atom. The van der Waals surface area contributed by atoms with Gasteiger partial charge in [-0.25, -0.2) is 18.4 Å². The van der Waals surface area contributed by atoms with Crippen LogP contribution in [-0.4, -0.2) is 37.4 Å². The van der Waals surface area contributed by atoms with E-state index in [1.165, 1.54) is 50.4 Å². The van der Waals surface area contributed by atoms with Gasteiger partial charge in [0.25, 0.3) is 0 Å². The molecule has 33 heavy (non-hydrogen) atoms. The fourth-order valence-electron chi connectivity index (χ4n) is 4.58. The van der Waals surface area contributed by atoms with Crippen molar-refractivity contribution in [1.29, 1.82) is 0 Å². The van der Waals surface area contributed by atoms with Gasteiger partial charge >= 0.3 is 0 Å². The zero-order chi connectivity index (χ0) is 23.0. The summed E-state index contributed by atoms with van der Waals surface area (Å²) in [5.74, 6) is -1.45. The van der Waals surface area contributed by atoms with E-state index in [2.05, 4.69) is 33.2 Å². The molecule has 0 saturated carbocycles. The smallest absolute Gasteiger partial charge is 0.137 e. The third-order valence-electron chi connectivity index (χ3n) is 6.46. The number of hydrogen-bond donors (Lipinski definition) is 1. The number of aromatic nitrogens is 3. The fourth-order valence-corrected chi connectivity index (χ4v) is 5.74. The van der Waals surface area contributed by atoms with Gasteiger partial charge < -0.3 is 5.11 Å². The number of hydrogen-bond acceptors (Lipinski definition) is 5. The van der Waals surface area contributed by atoms with Crippen molar-refractivity contribution in [3.05, 3.63) is 94.9 Å². The molecule has 3 heterocycles. The van der Waals surface area contributed by atoms with Crippen LogP contribution in [0.3, 0.4) is 0 Å². The van der Waals surface area contributed by atoms with Crippen LogP contribution in [0.4, 0.5) is 8.78 Å². The highest BCUT2D eigenvalue weighted by atomic mass is 32.1. The third kappa shape index (κ3) is 4.21. The molecule has 1 aliphatic rings. The molecule has 0 radical (unpaired) electrons. The number of thiophene rings is 1. The van der Waals surface area contributed by atoms with Crippen molar-refractivity contribution in [2.45, 2.75) is 38.1 Å². The van der Waals surface area contributed by atoms with E-state index in [9.17, 15) is 13.9 Å². The van der Waals surface area contributed by atoms with E-state index in [1.807, 2.05) is 25.1 Å². The predicted molar refractivity (Wildman–Crippen MR) is 124 cm³/mol. The summed E-state index contributed by atoms with van der Waals surface area (Å²) in [5, 5.41) is 16.0. The highest BCUT2D eigenvalue weighted by Crippen LogP contribution is 2.38. The lowest BCUT2D eigenvalue weighted by Crippen LogP contribution is -2.53. The van der Waals surface area contributed by atoms with Gasteiger partial charge in [0.1, 0.15) is 29.9 Å². The minimum absolute atomic E-state index is 0.00101. The Bertz CT molecular complexity index is 1240. The minimum atomic E-state index is -1.64. The first-order valence-electron chi connectivity index (χ1n) is 10.9. The second-order valence-electron chi connectivity index (χ2n) is 8.46. The molecule has 0 spiro atoms. The molecule has 0 aliphatic carbocycles. The van der Waals surface area contributed by atoms with Crippen molar-refractivity contribution < 1.29 is 13.9 Å². The molecule has 4 aromatic rings. The summed E-state index contributed by atoms with van der Waals surface area (Å²) in [4.78, 5) is 8.66. The maximum Gasteiger partial charge on any atom is 0.137 e. The van der Waals surface area contributed by atoms with Gasteiger partial charge in [0, 0.05) is 40.5 Å². The van der Waals surface area contributed by atoms with Crippen LogP contribution in [0.5, 0.6) is 0 Å². The van der Waals surface area contributed by atoms with E-state index < -0.39 is 23.3 Å². The van der Waals surface area contributed by atoms with Crippen LogP contribution in [-0.2, 0) is 25.1 Å². The van der Waals surface area contributed by atoms with Crippen LogP contribution in [0.15, 0.2) is 67.3 Å². The Morgan fingerprint density at radius 1 is 1.15 bits per heavy atom. The monoisotopic (exact) mass is 466 g/mol. The molecule has 0 unspecified atom stereocenters. The summed E-state index contributed by atoms with van der Waals surface area (Å²) in [5.41, 5.74) is 0.821. The second kappa shape index (κ2) is 8.78. The first-order chi connectivity index (χ1) is 15.9. The van der Waals surface area contributed by atoms with Gasteiger partial charge in [-0.2, -0.15) is 5.10 Å². The lowest BCUT2D eigenvalue weighted by molar-refractivity contribution is -0.0675. The van der Waals surface area contributed by atoms with Crippen molar-refractivity contribution >= 4 is 11.3 Å². The van der Waals surface area contributed by atoms with Gasteiger partial charge in [0.15, 0.2) is 0 Å². The quantitative estimate of drug-likeness (QED) is 0.451. The first kappa shape index (κ1) is 21.9. The number of rotatable bonds is 6. The molecule has 5 nitrogen and oxygen atoms in total. The second-order valence-corrected chi connectivity index (χ2v) is 9.60. The Hall–Kier alpha value is -2.94. The summed E-state index contributed by atoms with van der Waals surface area (Å²) in [7, 11) is 0. The number of aliphatic hydroxyl groups is 1. The Kier molecular flexibility index (Phi) is 5.82.